The third kappa shape index (κ3) is 6.20. The van der Waals surface area contributed by atoms with Crippen molar-refractivity contribution in [3.8, 4) is 11.5 Å². The van der Waals surface area contributed by atoms with E-state index in [-0.39, 0.29) is 0 Å². The largest absolute Gasteiger partial charge is 0.507 e. The Labute approximate surface area is 187 Å². The molecule has 4 rings (SSSR count). The van der Waals surface area contributed by atoms with Crippen molar-refractivity contribution >= 4 is 0 Å². The number of hydrogen-bond acceptors (Lipinski definition) is 5. The van der Waals surface area contributed by atoms with Crippen molar-refractivity contribution in [3.63, 3.8) is 0 Å². The van der Waals surface area contributed by atoms with E-state index in [0.717, 1.165) is 31.2 Å². The first-order valence-electron chi connectivity index (χ1n) is 11.9. The Morgan fingerprint density at radius 2 is 1.97 bits per heavy atom. The second kappa shape index (κ2) is 11.0. The number of piperidine rings is 1. The molecule has 5 heteroatoms. The summed E-state index contributed by atoms with van der Waals surface area (Å²) in [5.41, 5.74) is 2.17. The summed E-state index contributed by atoms with van der Waals surface area (Å²) in [4.78, 5) is 9.56. The number of ether oxygens (including phenoxy) is 1. The van der Waals surface area contributed by atoms with Crippen LogP contribution in [-0.2, 0) is 13.1 Å². The number of hydrogen-bond donors (Lipinski definition) is 1. The molecule has 1 aliphatic heterocycles. The van der Waals surface area contributed by atoms with E-state index in [0.29, 0.717) is 17.4 Å². The summed E-state index contributed by atoms with van der Waals surface area (Å²) in [5.74, 6) is 1.67. The molecule has 1 aliphatic carbocycles. The summed E-state index contributed by atoms with van der Waals surface area (Å²) in [6.45, 7) is 5.10. The molecule has 1 aromatic heterocycles. The predicted molar refractivity (Wildman–Crippen MR) is 124 cm³/mol. The summed E-state index contributed by atoms with van der Waals surface area (Å²) < 4.78 is 5.25. The van der Waals surface area contributed by atoms with Crippen molar-refractivity contribution in [2.75, 3.05) is 26.7 Å². The molecular formula is C26H37N3O2. The highest BCUT2D eigenvalue weighted by Gasteiger charge is 2.28. The molecule has 1 aromatic carbocycles. The zero-order valence-corrected chi connectivity index (χ0v) is 18.9. The van der Waals surface area contributed by atoms with Gasteiger partial charge >= 0.3 is 0 Å². The fourth-order valence-corrected chi connectivity index (χ4v) is 5.37. The Kier molecular flexibility index (Phi) is 7.81. The van der Waals surface area contributed by atoms with Crippen molar-refractivity contribution in [1.82, 2.24) is 14.8 Å². The highest BCUT2D eigenvalue weighted by atomic mass is 16.5. The maximum absolute atomic E-state index is 10.5. The lowest BCUT2D eigenvalue weighted by molar-refractivity contribution is 0.0769. The number of aromatic hydroxyl groups is 1. The van der Waals surface area contributed by atoms with E-state index in [1.54, 1.807) is 13.2 Å². The monoisotopic (exact) mass is 423 g/mol. The van der Waals surface area contributed by atoms with Gasteiger partial charge in [0, 0.05) is 56.2 Å². The van der Waals surface area contributed by atoms with Crippen LogP contribution in [0.15, 0.2) is 42.7 Å². The maximum Gasteiger partial charge on any atom is 0.123 e. The molecule has 2 aliphatic rings. The van der Waals surface area contributed by atoms with Crippen LogP contribution in [0, 0.1) is 5.92 Å². The van der Waals surface area contributed by atoms with Gasteiger partial charge in [0.05, 0.1) is 7.11 Å². The second-order valence-electron chi connectivity index (χ2n) is 9.32. The molecule has 1 N–H and O–H groups in total. The molecule has 5 nitrogen and oxygen atoms in total. The number of pyridine rings is 1. The lowest BCUT2D eigenvalue weighted by atomic mass is 9.90. The third-order valence-electron chi connectivity index (χ3n) is 6.97. The van der Waals surface area contributed by atoms with Crippen LogP contribution in [0.25, 0.3) is 0 Å². The smallest absolute Gasteiger partial charge is 0.123 e. The van der Waals surface area contributed by atoms with Gasteiger partial charge < -0.3 is 14.7 Å². The maximum atomic E-state index is 10.5. The zero-order valence-electron chi connectivity index (χ0n) is 18.9. The topological polar surface area (TPSA) is 48.8 Å². The average molecular weight is 424 g/mol. The highest BCUT2D eigenvalue weighted by molar-refractivity contribution is 5.39. The minimum Gasteiger partial charge on any atom is -0.507 e. The van der Waals surface area contributed by atoms with Crippen molar-refractivity contribution in [2.24, 2.45) is 5.92 Å². The van der Waals surface area contributed by atoms with Gasteiger partial charge in [-0.15, -0.1) is 0 Å². The van der Waals surface area contributed by atoms with E-state index >= 15 is 0 Å². The third-order valence-corrected chi connectivity index (χ3v) is 6.97. The first-order valence-corrected chi connectivity index (χ1v) is 11.9. The van der Waals surface area contributed by atoms with Gasteiger partial charge in [-0.2, -0.15) is 0 Å². The van der Waals surface area contributed by atoms with Crippen LogP contribution in [-0.4, -0.2) is 52.7 Å². The van der Waals surface area contributed by atoms with Crippen molar-refractivity contribution in [1.29, 1.82) is 0 Å². The summed E-state index contributed by atoms with van der Waals surface area (Å²) in [6.07, 6.45) is 13.3. The van der Waals surface area contributed by atoms with Crippen LogP contribution in [0.1, 0.15) is 56.1 Å². The van der Waals surface area contributed by atoms with Gasteiger partial charge in [0.15, 0.2) is 0 Å². The molecule has 0 radical (unpaired) electrons. The van der Waals surface area contributed by atoms with Crippen molar-refractivity contribution < 1.29 is 9.84 Å². The standard InChI is InChI=1S/C26H37N3O2/c1-31-25-12-11-23(26(30)15-25)20-28(17-21-7-5-13-27-16-21)18-22-8-6-14-29(19-22)24-9-3-2-4-10-24/h5,7,11-13,15-16,22,24,30H,2-4,6,8-10,14,17-20H2,1H3/t22-/m0/s1. The van der Waals surface area contributed by atoms with Gasteiger partial charge in [0.2, 0.25) is 0 Å². The van der Waals surface area contributed by atoms with E-state index in [4.69, 9.17) is 4.74 Å². The summed E-state index contributed by atoms with van der Waals surface area (Å²) in [5, 5.41) is 10.5. The molecule has 2 aromatic rings. The first kappa shape index (κ1) is 22.1. The predicted octanol–water partition coefficient (Wildman–Crippen LogP) is 4.84. The SMILES string of the molecule is COc1ccc(CN(Cc2cccnc2)C[C@@H]2CCCN(C3CCCCC3)C2)c(O)c1. The molecule has 31 heavy (non-hydrogen) atoms. The highest BCUT2D eigenvalue weighted by Crippen LogP contribution is 2.29. The Morgan fingerprint density at radius 1 is 1.10 bits per heavy atom. The Morgan fingerprint density at radius 3 is 2.71 bits per heavy atom. The van der Waals surface area contributed by atoms with E-state index in [9.17, 15) is 5.11 Å². The van der Waals surface area contributed by atoms with Crippen LogP contribution >= 0.6 is 0 Å². The van der Waals surface area contributed by atoms with Gasteiger partial charge in [0.1, 0.15) is 11.5 Å². The van der Waals surface area contributed by atoms with Gasteiger partial charge in [-0.25, -0.2) is 0 Å². The van der Waals surface area contributed by atoms with Crippen LogP contribution in [0.5, 0.6) is 11.5 Å². The van der Waals surface area contributed by atoms with Gasteiger partial charge in [-0.05, 0) is 55.8 Å². The minimum absolute atomic E-state index is 0.308. The number of methoxy groups -OCH3 is 1. The first-order chi connectivity index (χ1) is 15.2. The lowest BCUT2D eigenvalue weighted by Gasteiger charge is -2.41. The fourth-order valence-electron chi connectivity index (χ4n) is 5.37. The summed E-state index contributed by atoms with van der Waals surface area (Å²) in [7, 11) is 1.63. The molecule has 1 atom stereocenters. The van der Waals surface area contributed by atoms with E-state index in [2.05, 4.69) is 20.9 Å². The molecule has 2 fully saturated rings. The second-order valence-corrected chi connectivity index (χ2v) is 9.32. The van der Waals surface area contributed by atoms with Gasteiger partial charge in [-0.3, -0.25) is 9.88 Å². The molecule has 0 bridgehead atoms. The number of phenolic OH excluding ortho intramolecular Hbond substituents is 1. The fraction of sp³-hybridized carbons (Fsp3) is 0.577. The van der Waals surface area contributed by atoms with Crippen LogP contribution in [0.4, 0.5) is 0 Å². The van der Waals surface area contributed by atoms with Crippen molar-refractivity contribution in [2.45, 2.75) is 64.1 Å². The molecule has 168 valence electrons. The minimum atomic E-state index is 0.308. The number of nitrogens with zero attached hydrogens (tertiary/aromatic N) is 3. The summed E-state index contributed by atoms with van der Waals surface area (Å²) >= 11 is 0. The Balaban J connectivity index is 1.44. The van der Waals surface area contributed by atoms with E-state index in [1.165, 1.54) is 63.6 Å². The summed E-state index contributed by atoms with van der Waals surface area (Å²) in [6, 6.07) is 10.6. The molecule has 1 saturated carbocycles. The zero-order chi connectivity index (χ0) is 21.5. The number of phenols is 1. The van der Waals surface area contributed by atoms with Crippen LogP contribution in [0.2, 0.25) is 0 Å². The van der Waals surface area contributed by atoms with E-state index in [1.807, 2.05) is 30.6 Å². The number of aromatic nitrogens is 1. The molecule has 0 spiro atoms. The van der Waals surface area contributed by atoms with Gasteiger partial charge in [-0.1, -0.05) is 31.4 Å². The Bertz CT molecular complexity index is 808. The number of rotatable bonds is 8. The molecule has 0 amide bonds. The normalized spacial score (nSPS) is 20.8. The van der Waals surface area contributed by atoms with Crippen molar-refractivity contribution in [3.05, 3.63) is 53.9 Å². The molecule has 1 saturated heterocycles. The van der Waals surface area contributed by atoms with Gasteiger partial charge in [0.25, 0.3) is 0 Å². The molecule has 2 heterocycles. The average Bonchev–Trinajstić information content (AvgIpc) is 2.82. The van der Waals surface area contributed by atoms with E-state index < -0.39 is 0 Å². The molecule has 0 unspecified atom stereocenters. The Hall–Kier alpha value is -2.11. The lowest BCUT2D eigenvalue weighted by Crippen LogP contribution is -2.46. The number of likely N-dealkylation sites (tertiary alicyclic amines) is 1. The van der Waals surface area contributed by atoms with Crippen LogP contribution in [0.3, 0.4) is 0 Å². The quantitative estimate of drug-likeness (QED) is 0.658. The van der Waals surface area contributed by atoms with Crippen LogP contribution < -0.4 is 4.74 Å². The number of benzene rings is 1. The molecular weight excluding hydrogens is 386 g/mol.